The number of methoxy groups -OCH3 is 1. The zero-order valence-corrected chi connectivity index (χ0v) is 34.7. The Hall–Kier alpha value is -5.49. The molecule has 17 heteroatoms. The summed E-state index contributed by atoms with van der Waals surface area (Å²) in [6.45, 7) is 2.93. The van der Waals surface area contributed by atoms with Gasteiger partial charge in [0.1, 0.15) is 16.8 Å². The number of unbranched alkanes of at least 4 members (excludes halogenated alkanes) is 1. The van der Waals surface area contributed by atoms with Crippen LogP contribution in [0.15, 0.2) is 66.9 Å². The zero-order chi connectivity index (χ0) is 41.5. The third kappa shape index (κ3) is 9.38. The zero-order valence-electron chi connectivity index (χ0n) is 33.0. The lowest BCUT2D eigenvalue weighted by atomic mass is 10.0. The molecule has 3 aliphatic heterocycles. The minimum atomic E-state index is -3.56. The number of halogens is 1. The fourth-order valence-corrected chi connectivity index (χ4v) is 8.89. The maximum absolute atomic E-state index is 13.2. The molecule has 0 radical (unpaired) electrons. The molecule has 1 unspecified atom stereocenters. The van der Waals surface area contributed by atoms with E-state index in [4.69, 9.17) is 25.4 Å². The van der Waals surface area contributed by atoms with Gasteiger partial charge in [-0.25, -0.2) is 4.98 Å². The van der Waals surface area contributed by atoms with E-state index in [0.29, 0.717) is 59.2 Å². The molecule has 0 saturated carbocycles. The highest BCUT2D eigenvalue weighted by Gasteiger charge is 2.39. The number of amides is 3. The molecule has 3 amide bonds. The summed E-state index contributed by atoms with van der Waals surface area (Å²) in [5.74, 6) is 6.81. The van der Waals surface area contributed by atoms with E-state index in [0.717, 1.165) is 55.7 Å². The predicted molar refractivity (Wildman–Crippen MR) is 226 cm³/mol. The monoisotopic (exact) mass is 840 g/mol. The summed E-state index contributed by atoms with van der Waals surface area (Å²) < 4.78 is 29.3. The van der Waals surface area contributed by atoms with Gasteiger partial charge in [0.2, 0.25) is 17.8 Å². The third-order valence-corrected chi connectivity index (χ3v) is 12.9. The van der Waals surface area contributed by atoms with Crippen LogP contribution in [0.3, 0.4) is 0 Å². The van der Waals surface area contributed by atoms with E-state index < -0.39 is 19.5 Å². The van der Waals surface area contributed by atoms with Crippen LogP contribution in [0.25, 0.3) is 0 Å². The van der Waals surface area contributed by atoms with Crippen LogP contribution in [-0.2, 0) is 29.7 Å². The lowest BCUT2D eigenvalue weighted by Gasteiger charge is -2.34. The number of para-hydroxylation sites is 1. The summed E-state index contributed by atoms with van der Waals surface area (Å²) in [6, 6.07) is 18.1. The van der Waals surface area contributed by atoms with Crippen LogP contribution < -0.4 is 36.2 Å². The first-order chi connectivity index (χ1) is 28.6. The van der Waals surface area contributed by atoms with Crippen LogP contribution >= 0.6 is 19.2 Å². The third-order valence-electron chi connectivity index (χ3n) is 10.7. The van der Waals surface area contributed by atoms with Crippen molar-refractivity contribution >= 4 is 71.1 Å². The molecule has 4 aromatic rings. The number of imide groups is 1. The van der Waals surface area contributed by atoms with Gasteiger partial charge in [0, 0.05) is 75.6 Å². The molecule has 4 N–H and O–H groups in total. The summed E-state index contributed by atoms with van der Waals surface area (Å²) in [6.07, 6.45) is 5.60. The van der Waals surface area contributed by atoms with Gasteiger partial charge in [-0.2, -0.15) is 4.98 Å². The second kappa shape index (κ2) is 18.6. The van der Waals surface area contributed by atoms with Gasteiger partial charge in [-0.3, -0.25) is 24.3 Å². The smallest absolute Gasteiger partial charge is 0.362 e. The number of hydrogen-bond donors (Lipinski definition) is 4. The maximum atomic E-state index is 13.2. The molecule has 59 heavy (non-hydrogen) atoms. The average molecular weight is 841 g/mol. The average Bonchev–Trinajstić information content (AvgIpc) is 3.59. The number of fused-ring (bicyclic) bond motifs is 1. The topological polar surface area (TPSA) is 176 Å². The van der Waals surface area contributed by atoms with Crippen LogP contribution in [-0.4, -0.2) is 85.6 Å². The molecular weight excluding hydrogens is 795 g/mol. The van der Waals surface area contributed by atoms with Gasteiger partial charge >= 0.3 is 7.60 Å². The first-order valence-electron chi connectivity index (χ1n) is 19.4. The van der Waals surface area contributed by atoms with E-state index in [9.17, 15) is 18.9 Å². The highest BCUT2D eigenvalue weighted by Crippen LogP contribution is 2.47. The lowest BCUT2D eigenvalue weighted by molar-refractivity contribution is -0.136. The summed E-state index contributed by atoms with van der Waals surface area (Å²) in [5.41, 5.74) is 4.40. The number of piperidine rings is 2. The van der Waals surface area contributed by atoms with Crippen LogP contribution in [0, 0.1) is 11.8 Å². The first-order valence-corrected chi connectivity index (χ1v) is 21.3. The Morgan fingerprint density at radius 1 is 0.966 bits per heavy atom. The van der Waals surface area contributed by atoms with E-state index >= 15 is 0 Å². The number of nitrogens with zero attached hydrogens (tertiary/aromatic N) is 4. The first kappa shape index (κ1) is 41.7. The molecular formula is C42H46ClN8O7P. The number of aromatic nitrogens is 2. The molecule has 0 bridgehead atoms. The molecule has 3 aromatic carbocycles. The predicted octanol–water partition coefficient (Wildman–Crippen LogP) is 5.89. The van der Waals surface area contributed by atoms with E-state index in [1.807, 2.05) is 30.3 Å². The van der Waals surface area contributed by atoms with Crippen molar-refractivity contribution in [2.24, 2.45) is 0 Å². The molecule has 308 valence electrons. The number of carbonyl (C=O) groups is 3. The Morgan fingerprint density at radius 3 is 2.53 bits per heavy atom. The minimum absolute atomic E-state index is 0.195. The summed E-state index contributed by atoms with van der Waals surface area (Å²) in [5, 5.41) is 13.0. The van der Waals surface area contributed by atoms with Crippen LogP contribution in [0.1, 0.15) is 60.0 Å². The number of rotatable bonds is 14. The molecule has 0 spiro atoms. The largest absolute Gasteiger partial charge is 0.494 e. The number of anilines is 5. The Morgan fingerprint density at radius 2 is 1.76 bits per heavy atom. The number of hydrogen-bond acceptors (Lipinski definition) is 13. The van der Waals surface area contributed by atoms with Crippen LogP contribution in [0.5, 0.6) is 5.75 Å². The quantitative estimate of drug-likeness (QED) is 0.0513. The Kier molecular flexibility index (Phi) is 13.1. The molecule has 2 saturated heterocycles. The van der Waals surface area contributed by atoms with E-state index in [-0.39, 0.29) is 29.2 Å². The second-order valence-corrected chi connectivity index (χ2v) is 16.9. The molecule has 1 aromatic heterocycles. The van der Waals surface area contributed by atoms with Crippen molar-refractivity contribution < 1.29 is 32.7 Å². The van der Waals surface area contributed by atoms with E-state index in [1.165, 1.54) is 20.4 Å². The van der Waals surface area contributed by atoms with Gasteiger partial charge in [-0.1, -0.05) is 41.6 Å². The maximum Gasteiger partial charge on any atom is 0.362 e. The minimum Gasteiger partial charge on any atom is -0.494 e. The van der Waals surface area contributed by atoms with Crippen LogP contribution in [0.4, 0.5) is 28.8 Å². The van der Waals surface area contributed by atoms with Crippen molar-refractivity contribution in [3.05, 3.63) is 88.6 Å². The Balaban J connectivity index is 0.886. The van der Waals surface area contributed by atoms with Crippen LogP contribution in [0.2, 0.25) is 5.02 Å². The highest BCUT2D eigenvalue weighted by molar-refractivity contribution is 7.62. The van der Waals surface area contributed by atoms with Crippen molar-refractivity contribution in [1.82, 2.24) is 25.5 Å². The summed E-state index contributed by atoms with van der Waals surface area (Å²) >= 11 is 6.46. The Labute approximate surface area is 348 Å². The van der Waals surface area contributed by atoms with Gasteiger partial charge in [0.05, 0.1) is 30.0 Å². The fourth-order valence-electron chi connectivity index (χ4n) is 7.52. The lowest BCUT2D eigenvalue weighted by Crippen LogP contribution is -2.52. The van der Waals surface area contributed by atoms with E-state index in [2.05, 4.69) is 48.0 Å². The highest BCUT2D eigenvalue weighted by atomic mass is 35.5. The summed E-state index contributed by atoms with van der Waals surface area (Å²) in [7, 11) is 0.709. The number of ether oxygens (including phenoxy) is 1. The van der Waals surface area contributed by atoms with Crippen molar-refractivity contribution in [2.45, 2.75) is 57.2 Å². The van der Waals surface area contributed by atoms with Gasteiger partial charge in [0.25, 0.3) is 5.91 Å². The van der Waals surface area contributed by atoms with Crippen molar-refractivity contribution in [3.8, 4) is 17.6 Å². The normalized spacial score (nSPS) is 16.9. The standard InChI is InChI=1S/C42H46ClN8O7P/c1-56-36-24-29(15-16-33(36)47-42-45-25-32(43)39(49-42)46-34-13-6-7-14-37(34)59(55,57-2)58-3)50-22-19-28(20-23-50)44-21-8-4-5-10-27-11-9-12-30-31(27)26-51(41(30)54)35-17-18-38(52)48-40(35)53/h6-7,9,11-16,24-25,28,35,44H,4,8,17-23,26H2,1-3H3,(H,48,52,53)(H2,45,46,47,49). The molecule has 1 atom stereocenters. The summed E-state index contributed by atoms with van der Waals surface area (Å²) in [4.78, 5) is 50.0. The van der Waals surface area contributed by atoms with E-state index in [1.54, 1.807) is 42.3 Å². The number of benzene rings is 3. The van der Waals surface area contributed by atoms with Gasteiger partial charge in [-0.05, 0) is 74.2 Å². The fraction of sp³-hybridized carbons (Fsp3) is 0.357. The molecule has 4 heterocycles. The molecule has 7 rings (SSSR count). The van der Waals surface area contributed by atoms with Gasteiger partial charge < -0.3 is 39.5 Å². The van der Waals surface area contributed by atoms with Gasteiger partial charge in [0.15, 0.2) is 5.82 Å². The molecule has 2 fully saturated rings. The molecule has 0 aliphatic carbocycles. The van der Waals surface area contributed by atoms with Crippen molar-refractivity contribution in [2.75, 3.05) is 56.5 Å². The SMILES string of the molecule is COc1cc(N2CCC(NCCCC#Cc3cccc4c3CN(C3CCC(=O)NC3=O)C4=O)CC2)ccc1Nc1ncc(Cl)c(Nc2ccccc2P(=O)(OC)OC)n1. The number of nitrogens with one attached hydrogen (secondary N) is 4. The molecule has 15 nitrogen and oxygen atoms in total. The Bertz CT molecular complexity index is 2340. The van der Waals surface area contributed by atoms with Crippen molar-refractivity contribution in [1.29, 1.82) is 0 Å². The second-order valence-electron chi connectivity index (χ2n) is 14.3. The molecule has 3 aliphatic rings. The van der Waals surface area contributed by atoms with Crippen molar-refractivity contribution in [3.63, 3.8) is 0 Å². The van der Waals surface area contributed by atoms with Gasteiger partial charge in [-0.15, -0.1) is 0 Å². The number of carbonyl (C=O) groups excluding carboxylic acids is 3.